The molecular weight excluding hydrogens is 271 g/mol. The zero-order valence-corrected chi connectivity index (χ0v) is 11.8. The first-order valence-electron chi connectivity index (χ1n) is 6.35. The Balaban J connectivity index is 2.09. The smallest absolute Gasteiger partial charge is 0.271 e. The third kappa shape index (κ3) is 3.66. The summed E-state index contributed by atoms with van der Waals surface area (Å²) in [6.07, 6.45) is 0. The number of methoxy groups -OCH3 is 1. The number of ether oxygens (including phenoxy) is 1. The van der Waals surface area contributed by atoms with E-state index >= 15 is 0 Å². The molecule has 4 nitrogen and oxygen atoms in total. The summed E-state index contributed by atoms with van der Waals surface area (Å²) in [4.78, 5) is 11.9. The predicted molar refractivity (Wildman–Crippen MR) is 79.1 cm³/mol. The van der Waals surface area contributed by atoms with Gasteiger partial charge in [0.15, 0.2) is 0 Å². The van der Waals surface area contributed by atoms with Gasteiger partial charge in [-0.3, -0.25) is 4.79 Å². The minimum Gasteiger partial charge on any atom is -0.497 e. The van der Waals surface area contributed by atoms with Crippen molar-refractivity contribution in [2.75, 3.05) is 7.11 Å². The minimum atomic E-state index is -0.377. The second-order valence-corrected chi connectivity index (χ2v) is 4.35. The van der Waals surface area contributed by atoms with Gasteiger partial charge in [-0.05, 0) is 37.3 Å². The number of carbonyl (C=O) groups excluding carboxylic acids is 1. The number of hydrazone groups is 1. The monoisotopic (exact) mass is 286 g/mol. The number of carbonyl (C=O) groups is 1. The Morgan fingerprint density at radius 2 is 1.81 bits per heavy atom. The van der Waals surface area contributed by atoms with Crippen LogP contribution in [0, 0.1) is 5.82 Å². The molecule has 0 fully saturated rings. The third-order valence-electron chi connectivity index (χ3n) is 2.94. The van der Waals surface area contributed by atoms with Crippen LogP contribution in [0.3, 0.4) is 0 Å². The highest BCUT2D eigenvalue weighted by molar-refractivity contribution is 6.01. The summed E-state index contributed by atoms with van der Waals surface area (Å²) < 4.78 is 18.6. The fourth-order valence-corrected chi connectivity index (χ4v) is 1.76. The number of nitrogens with zero attached hydrogens (tertiary/aromatic N) is 1. The zero-order chi connectivity index (χ0) is 15.2. The van der Waals surface area contributed by atoms with Gasteiger partial charge in [-0.2, -0.15) is 5.10 Å². The van der Waals surface area contributed by atoms with Crippen molar-refractivity contribution in [3.8, 4) is 5.75 Å². The molecule has 21 heavy (non-hydrogen) atoms. The number of halogens is 1. The number of rotatable bonds is 4. The second-order valence-electron chi connectivity index (χ2n) is 4.35. The average molecular weight is 286 g/mol. The summed E-state index contributed by atoms with van der Waals surface area (Å²) in [5.41, 5.74) is 3.60. The van der Waals surface area contributed by atoms with Crippen LogP contribution in [0.1, 0.15) is 22.8 Å². The predicted octanol–water partition coefficient (Wildman–Crippen LogP) is 2.99. The Labute approximate surface area is 122 Å². The van der Waals surface area contributed by atoms with Crippen molar-refractivity contribution in [3.05, 3.63) is 65.5 Å². The maximum atomic E-state index is 13.6. The molecule has 0 aliphatic heterocycles. The molecule has 0 unspecified atom stereocenters. The summed E-state index contributed by atoms with van der Waals surface area (Å²) in [5.74, 6) is -0.0802. The van der Waals surface area contributed by atoms with Crippen LogP contribution >= 0.6 is 0 Å². The van der Waals surface area contributed by atoms with Crippen molar-refractivity contribution in [1.82, 2.24) is 5.43 Å². The van der Waals surface area contributed by atoms with Crippen LogP contribution in [-0.4, -0.2) is 18.7 Å². The van der Waals surface area contributed by atoms with Crippen molar-refractivity contribution in [3.63, 3.8) is 0 Å². The maximum Gasteiger partial charge on any atom is 0.271 e. The minimum absolute atomic E-state index is 0.354. The van der Waals surface area contributed by atoms with Gasteiger partial charge < -0.3 is 4.74 Å². The lowest BCUT2D eigenvalue weighted by atomic mass is 10.1. The molecule has 0 bridgehead atoms. The Hall–Kier alpha value is -2.69. The van der Waals surface area contributed by atoms with E-state index in [1.54, 1.807) is 56.5 Å². The quantitative estimate of drug-likeness (QED) is 0.694. The normalized spacial score (nSPS) is 11.1. The van der Waals surface area contributed by atoms with Crippen LogP contribution in [0.15, 0.2) is 53.6 Å². The Morgan fingerprint density at radius 3 is 2.43 bits per heavy atom. The van der Waals surface area contributed by atoms with Gasteiger partial charge in [0.1, 0.15) is 11.6 Å². The van der Waals surface area contributed by atoms with Gasteiger partial charge >= 0.3 is 0 Å². The Bertz CT molecular complexity index is 666. The molecule has 2 aromatic carbocycles. The van der Waals surface area contributed by atoms with E-state index in [1.807, 2.05) is 0 Å². The molecule has 0 radical (unpaired) electrons. The molecule has 0 spiro atoms. The van der Waals surface area contributed by atoms with Crippen molar-refractivity contribution in [1.29, 1.82) is 0 Å². The Morgan fingerprint density at radius 1 is 1.14 bits per heavy atom. The molecule has 0 aliphatic rings. The maximum absolute atomic E-state index is 13.6. The van der Waals surface area contributed by atoms with E-state index in [2.05, 4.69) is 10.5 Å². The van der Waals surface area contributed by atoms with Crippen molar-refractivity contribution >= 4 is 11.6 Å². The van der Waals surface area contributed by atoms with Gasteiger partial charge in [-0.25, -0.2) is 9.82 Å². The first-order chi connectivity index (χ1) is 10.1. The number of hydrogen-bond acceptors (Lipinski definition) is 3. The lowest BCUT2D eigenvalue weighted by molar-refractivity contribution is 0.0955. The van der Waals surface area contributed by atoms with Crippen molar-refractivity contribution in [2.45, 2.75) is 6.92 Å². The lowest BCUT2D eigenvalue weighted by Gasteiger charge is -2.05. The SMILES string of the molecule is COc1ccc(C(=O)N/N=C(/C)c2ccccc2F)cc1. The summed E-state index contributed by atoms with van der Waals surface area (Å²) in [5, 5.41) is 3.92. The molecule has 0 saturated carbocycles. The fourth-order valence-electron chi connectivity index (χ4n) is 1.76. The van der Waals surface area contributed by atoms with Crippen LogP contribution < -0.4 is 10.2 Å². The first kappa shape index (κ1) is 14.7. The van der Waals surface area contributed by atoms with Gasteiger partial charge in [0.2, 0.25) is 0 Å². The molecule has 2 rings (SSSR count). The highest BCUT2D eigenvalue weighted by Crippen LogP contribution is 2.11. The summed E-state index contributed by atoms with van der Waals surface area (Å²) in [6, 6.07) is 12.9. The largest absolute Gasteiger partial charge is 0.497 e. The average Bonchev–Trinajstić information content (AvgIpc) is 2.52. The number of amides is 1. The standard InChI is InChI=1S/C16H15FN2O2/c1-11(14-5-3-4-6-15(14)17)18-19-16(20)12-7-9-13(21-2)10-8-12/h3-10H,1-2H3,(H,19,20)/b18-11-. The molecule has 5 heteroatoms. The van der Waals surface area contributed by atoms with E-state index < -0.39 is 0 Å². The molecule has 0 aromatic heterocycles. The van der Waals surface area contributed by atoms with Gasteiger partial charge in [0.25, 0.3) is 5.91 Å². The van der Waals surface area contributed by atoms with E-state index in [-0.39, 0.29) is 11.7 Å². The van der Waals surface area contributed by atoms with Crippen LogP contribution in [-0.2, 0) is 0 Å². The Kier molecular flexibility index (Phi) is 4.66. The van der Waals surface area contributed by atoms with Crippen molar-refractivity contribution in [2.24, 2.45) is 5.10 Å². The topological polar surface area (TPSA) is 50.7 Å². The summed E-state index contributed by atoms with van der Waals surface area (Å²) in [6.45, 7) is 1.63. The highest BCUT2D eigenvalue weighted by atomic mass is 19.1. The summed E-state index contributed by atoms with van der Waals surface area (Å²) in [7, 11) is 1.55. The van der Waals surface area contributed by atoms with E-state index in [4.69, 9.17) is 4.74 Å². The van der Waals surface area contributed by atoms with Crippen LogP contribution in [0.25, 0.3) is 0 Å². The van der Waals surface area contributed by atoms with E-state index in [1.165, 1.54) is 6.07 Å². The van der Waals surface area contributed by atoms with E-state index in [0.717, 1.165) is 0 Å². The molecular formula is C16H15FN2O2. The molecule has 0 atom stereocenters. The van der Waals surface area contributed by atoms with Gasteiger partial charge in [-0.1, -0.05) is 18.2 Å². The number of benzene rings is 2. The molecule has 0 saturated heterocycles. The van der Waals surface area contributed by atoms with Crippen LogP contribution in [0.5, 0.6) is 5.75 Å². The van der Waals surface area contributed by atoms with E-state index in [0.29, 0.717) is 22.6 Å². The van der Waals surface area contributed by atoms with Crippen LogP contribution in [0.4, 0.5) is 4.39 Å². The third-order valence-corrected chi connectivity index (χ3v) is 2.94. The van der Waals surface area contributed by atoms with Crippen molar-refractivity contribution < 1.29 is 13.9 Å². The van der Waals surface area contributed by atoms with Gasteiger partial charge in [0.05, 0.1) is 12.8 Å². The van der Waals surface area contributed by atoms with Gasteiger partial charge in [-0.15, -0.1) is 0 Å². The molecule has 108 valence electrons. The van der Waals surface area contributed by atoms with E-state index in [9.17, 15) is 9.18 Å². The highest BCUT2D eigenvalue weighted by Gasteiger charge is 2.07. The molecule has 0 aliphatic carbocycles. The molecule has 2 aromatic rings. The fraction of sp³-hybridized carbons (Fsp3) is 0.125. The van der Waals surface area contributed by atoms with Crippen LogP contribution in [0.2, 0.25) is 0 Å². The number of hydrogen-bond donors (Lipinski definition) is 1. The number of nitrogens with one attached hydrogen (secondary N) is 1. The first-order valence-corrected chi connectivity index (χ1v) is 6.35. The molecule has 1 N–H and O–H groups in total. The molecule has 0 heterocycles. The molecule has 1 amide bonds. The second kappa shape index (κ2) is 6.65. The van der Waals surface area contributed by atoms with Gasteiger partial charge in [0, 0.05) is 11.1 Å². The summed E-state index contributed by atoms with van der Waals surface area (Å²) >= 11 is 0. The zero-order valence-electron chi connectivity index (χ0n) is 11.8. The lowest BCUT2D eigenvalue weighted by Crippen LogP contribution is -2.19.